The van der Waals surface area contributed by atoms with Gasteiger partial charge in [0.15, 0.2) is 0 Å². The monoisotopic (exact) mass is 255 g/mol. The van der Waals surface area contributed by atoms with Crippen LogP contribution in [0.5, 0.6) is 0 Å². The van der Waals surface area contributed by atoms with Crippen LogP contribution in [0.3, 0.4) is 0 Å². The van der Waals surface area contributed by atoms with Crippen molar-refractivity contribution in [3.8, 4) is 0 Å². The lowest BCUT2D eigenvalue weighted by molar-refractivity contribution is 0.0140. The van der Waals surface area contributed by atoms with Gasteiger partial charge in [-0.1, -0.05) is 18.2 Å². The number of likely N-dealkylation sites (N-methyl/N-ethyl adjacent to an activating group) is 1. The third kappa shape index (κ3) is 5.12. The van der Waals surface area contributed by atoms with Crippen molar-refractivity contribution in [3.63, 3.8) is 0 Å². The van der Waals surface area contributed by atoms with Crippen LogP contribution >= 0.6 is 0 Å². The summed E-state index contributed by atoms with van der Waals surface area (Å²) in [6, 6.07) is 6.60. The fourth-order valence-corrected chi connectivity index (χ4v) is 1.63. The number of hydrogen-bond donors (Lipinski definition) is 1. The van der Waals surface area contributed by atoms with E-state index < -0.39 is 0 Å². The molecule has 0 aliphatic carbocycles. The van der Waals surface area contributed by atoms with E-state index in [-0.39, 0.29) is 18.0 Å². The Morgan fingerprint density at radius 1 is 1.22 bits per heavy atom. The zero-order valence-electron chi connectivity index (χ0n) is 11.3. The summed E-state index contributed by atoms with van der Waals surface area (Å²) >= 11 is 0. The molecule has 0 radical (unpaired) electrons. The van der Waals surface area contributed by atoms with Crippen LogP contribution in [0.15, 0.2) is 24.3 Å². The van der Waals surface area contributed by atoms with Crippen LogP contribution in [0.1, 0.15) is 25.5 Å². The maximum atomic E-state index is 13.6. The summed E-state index contributed by atoms with van der Waals surface area (Å²) in [4.78, 5) is 0. The van der Waals surface area contributed by atoms with Gasteiger partial charge in [-0.25, -0.2) is 4.39 Å². The zero-order valence-corrected chi connectivity index (χ0v) is 11.3. The molecule has 4 heteroatoms. The Balaban J connectivity index is 2.36. The summed E-state index contributed by atoms with van der Waals surface area (Å²) in [6.07, 6.45) is 0.209. The van der Waals surface area contributed by atoms with Crippen molar-refractivity contribution in [2.75, 3.05) is 26.9 Å². The maximum Gasteiger partial charge on any atom is 0.128 e. The molecule has 1 aromatic carbocycles. The van der Waals surface area contributed by atoms with Crippen molar-refractivity contribution in [2.24, 2.45) is 0 Å². The molecule has 1 aromatic rings. The number of halogens is 1. The number of ether oxygens (including phenoxy) is 2. The summed E-state index contributed by atoms with van der Waals surface area (Å²) in [6.45, 7) is 5.47. The van der Waals surface area contributed by atoms with Gasteiger partial charge in [-0.3, -0.25) is 0 Å². The van der Waals surface area contributed by atoms with E-state index in [1.807, 2.05) is 19.9 Å². The highest BCUT2D eigenvalue weighted by Gasteiger charge is 2.13. The van der Waals surface area contributed by atoms with E-state index in [0.29, 0.717) is 25.4 Å². The van der Waals surface area contributed by atoms with Gasteiger partial charge in [0.1, 0.15) is 5.82 Å². The van der Waals surface area contributed by atoms with Gasteiger partial charge in [0.2, 0.25) is 0 Å². The van der Waals surface area contributed by atoms with Gasteiger partial charge < -0.3 is 14.8 Å². The molecule has 0 saturated heterocycles. The number of benzene rings is 1. The minimum Gasteiger partial charge on any atom is -0.377 e. The molecule has 0 amide bonds. The average Bonchev–Trinajstić information content (AvgIpc) is 2.35. The fraction of sp³-hybridized carbons (Fsp3) is 0.571. The van der Waals surface area contributed by atoms with Gasteiger partial charge in [-0.15, -0.1) is 0 Å². The molecule has 0 aliphatic heterocycles. The van der Waals surface area contributed by atoms with E-state index in [1.54, 1.807) is 19.2 Å². The van der Waals surface area contributed by atoms with Crippen molar-refractivity contribution in [2.45, 2.75) is 26.0 Å². The summed E-state index contributed by atoms with van der Waals surface area (Å²) in [7, 11) is 1.80. The molecular weight excluding hydrogens is 233 g/mol. The molecule has 1 N–H and O–H groups in total. The SMILES string of the molecule is CNC(COCCOC(C)C)c1ccccc1F. The Labute approximate surface area is 108 Å². The highest BCUT2D eigenvalue weighted by atomic mass is 19.1. The molecule has 3 nitrogen and oxygen atoms in total. The van der Waals surface area contributed by atoms with Gasteiger partial charge in [-0.05, 0) is 27.0 Å². The number of hydrogen-bond acceptors (Lipinski definition) is 3. The molecule has 1 rings (SSSR count). The molecule has 0 heterocycles. The van der Waals surface area contributed by atoms with E-state index in [2.05, 4.69) is 5.32 Å². The molecule has 102 valence electrons. The Kier molecular flexibility index (Phi) is 6.86. The molecule has 0 bridgehead atoms. The standard InChI is InChI=1S/C14H22FNO2/c1-11(2)18-9-8-17-10-14(16-3)12-6-4-5-7-13(12)15/h4-7,11,14,16H,8-10H2,1-3H3. The predicted octanol–water partition coefficient (Wildman–Crippen LogP) is 2.53. The Hall–Kier alpha value is -0.970. The van der Waals surface area contributed by atoms with Gasteiger partial charge in [0.25, 0.3) is 0 Å². The van der Waals surface area contributed by atoms with Crippen molar-refractivity contribution >= 4 is 0 Å². The quantitative estimate of drug-likeness (QED) is 0.724. The van der Waals surface area contributed by atoms with Crippen molar-refractivity contribution in [1.29, 1.82) is 0 Å². The molecule has 0 spiro atoms. The third-order valence-corrected chi connectivity index (χ3v) is 2.59. The molecule has 1 unspecified atom stereocenters. The van der Waals surface area contributed by atoms with Crippen LogP contribution in [0.4, 0.5) is 4.39 Å². The maximum absolute atomic E-state index is 13.6. The first kappa shape index (κ1) is 15.1. The highest BCUT2D eigenvalue weighted by Crippen LogP contribution is 2.16. The van der Waals surface area contributed by atoms with Crippen LogP contribution in [0.25, 0.3) is 0 Å². The Morgan fingerprint density at radius 2 is 1.94 bits per heavy atom. The Bertz CT molecular complexity index is 344. The van der Waals surface area contributed by atoms with Crippen LogP contribution in [-0.2, 0) is 9.47 Å². The normalized spacial score (nSPS) is 12.9. The van der Waals surface area contributed by atoms with E-state index in [1.165, 1.54) is 6.07 Å². The van der Waals surface area contributed by atoms with E-state index in [9.17, 15) is 4.39 Å². The molecule has 0 aromatic heterocycles. The average molecular weight is 255 g/mol. The first-order valence-electron chi connectivity index (χ1n) is 6.26. The van der Waals surface area contributed by atoms with Crippen molar-refractivity contribution in [3.05, 3.63) is 35.6 Å². The van der Waals surface area contributed by atoms with Crippen LogP contribution < -0.4 is 5.32 Å². The first-order valence-corrected chi connectivity index (χ1v) is 6.26. The minimum atomic E-state index is -0.209. The second kappa shape index (κ2) is 8.19. The first-order chi connectivity index (χ1) is 8.65. The van der Waals surface area contributed by atoms with Gasteiger partial charge in [0.05, 0.1) is 32.0 Å². The molecule has 0 fully saturated rings. The topological polar surface area (TPSA) is 30.5 Å². The molecule has 1 atom stereocenters. The lowest BCUT2D eigenvalue weighted by atomic mass is 10.1. The lowest BCUT2D eigenvalue weighted by Crippen LogP contribution is -2.24. The minimum absolute atomic E-state index is 0.134. The third-order valence-electron chi connectivity index (χ3n) is 2.59. The largest absolute Gasteiger partial charge is 0.377 e. The van der Waals surface area contributed by atoms with Gasteiger partial charge in [0, 0.05) is 5.56 Å². The number of rotatable bonds is 8. The van der Waals surface area contributed by atoms with Crippen molar-refractivity contribution in [1.82, 2.24) is 5.32 Å². The van der Waals surface area contributed by atoms with Crippen molar-refractivity contribution < 1.29 is 13.9 Å². The Morgan fingerprint density at radius 3 is 2.56 bits per heavy atom. The molecular formula is C14H22FNO2. The summed E-state index contributed by atoms with van der Waals surface area (Å²) in [5.41, 5.74) is 0.629. The number of nitrogens with one attached hydrogen (secondary N) is 1. The summed E-state index contributed by atoms with van der Waals surface area (Å²) < 4.78 is 24.4. The molecule has 18 heavy (non-hydrogen) atoms. The predicted molar refractivity (Wildman–Crippen MR) is 70.1 cm³/mol. The lowest BCUT2D eigenvalue weighted by Gasteiger charge is -2.17. The van der Waals surface area contributed by atoms with Crippen LogP contribution in [0.2, 0.25) is 0 Å². The smallest absolute Gasteiger partial charge is 0.128 e. The molecule has 0 aliphatic rings. The van der Waals surface area contributed by atoms with Gasteiger partial charge in [-0.2, -0.15) is 0 Å². The highest BCUT2D eigenvalue weighted by molar-refractivity contribution is 5.21. The zero-order chi connectivity index (χ0) is 13.4. The van der Waals surface area contributed by atoms with Crippen LogP contribution in [0, 0.1) is 5.82 Å². The van der Waals surface area contributed by atoms with E-state index >= 15 is 0 Å². The second-order valence-electron chi connectivity index (χ2n) is 4.36. The summed E-state index contributed by atoms with van der Waals surface area (Å²) in [5.74, 6) is -0.209. The van der Waals surface area contributed by atoms with E-state index in [4.69, 9.17) is 9.47 Å². The fourth-order valence-electron chi connectivity index (χ4n) is 1.63. The van der Waals surface area contributed by atoms with Gasteiger partial charge >= 0.3 is 0 Å². The second-order valence-corrected chi connectivity index (χ2v) is 4.36. The summed E-state index contributed by atoms with van der Waals surface area (Å²) in [5, 5.41) is 3.05. The molecule has 0 saturated carbocycles. The van der Waals surface area contributed by atoms with E-state index in [0.717, 1.165) is 0 Å². The van der Waals surface area contributed by atoms with Crippen LogP contribution in [-0.4, -0.2) is 33.0 Å².